The summed E-state index contributed by atoms with van der Waals surface area (Å²) in [6, 6.07) is 0. The fourth-order valence-electron chi connectivity index (χ4n) is 3.80. The first-order valence-electron chi connectivity index (χ1n) is 10.2. The van der Waals surface area contributed by atoms with Gasteiger partial charge in [0.1, 0.15) is 0 Å². The monoisotopic (exact) mass is 310 g/mol. The number of piperidine rings is 1. The second kappa shape index (κ2) is 13.4. The van der Waals surface area contributed by atoms with Crippen LogP contribution in [0.4, 0.5) is 0 Å². The van der Waals surface area contributed by atoms with Gasteiger partial charge in [-0.1, -0.05) is 52.9 Å². The van der Waals surface area contributed by atoms with Gasteiger partial charge in [-0.05, 0) is 70.7 Å². The van der Waals surface area contributed by atoms with E-state index in [4.69, 9.17) is 0 Å². The number of unbranched alkanes of at least 4 members (excludes halogenated alkanes) is 5. The Morgan fingerprint density at radius 3 is 1.95 bits per heavy atom. The van der Waals surface area contributed by atoms with Gasteiger partial charge in [0.25, 0.3) is 0 Å². The normalized spacial score (nSPS) is 17.5. The molecular formula is C20H42N2. The molecule has 0 bridgehead atoms. The zero-order valence-electron chi connectivity index (χ0n) is 15.8. The standard InChI is InChI=1S/C20H42N2/c1-4-7-8-9-10-11-16-21-17-12-20(13-18-21)19-22(14-5-2)15-6-3/h20H,4-19H2,1-3H3. The van der Waals surface area contributed by atoms with E-state index >= 15 is 0 Å². The third kappa shape index (κ3) is 9.15. The minimum absolute atomic E-state index is 0.957. The van der Waals surface area contributed by atoms with Crippen molar-refractivity contribution in [2.45, 2.75) is 85.0 Å². The molecule has 1 aliphatic rings. The molecule has 0 radical (unpaired) electrons. The van der Waals surface area contributed by atoms with E-state index in [-0.39, 0.29) is 0 Å². The maximum Gasteiger partial charge on any atom is 0.00106 e. The Labute approximate surface area is 140 Å². The minimum atomic E-state index is 0.957. The lowest BCUT2D eigenvalue weighted by molar-refractivity contribution is 0.141. The van der Waals surface area contributed by atoms with E-state index in [1.165, 1.54) is 103 Å². The number of hydrogen-bond acceptors (Lipinski definition) is 2. The molecule has 0 N–H and O–H groups in total. The van der Waals surface area contributed by atoms with E-state index in [9.17, 15) is 0 Å². The molecule has 0 unspecified atom stereocenters. The van der Waals surface area contributed by atoms with E-state index in [1.54, 1.807) is 0 Å². The molecule has 1 fully saturated rings. The highest BCUT2D eigenvalue weighted by molar-refractivity contribution is 4.75. The number of hydrogen-bond donors (Lipinski definition) is 0. The molecule has 0 saturated carbocycles. The van der Waals surface area contributed by atoms with Crippen LogP contribution in [0, 0.1) is 5.92 Å². The smallest absolute Gasteiger partial charge is 0.00106 e. The molecule has 0 spiro atoms. The molecule has 2 nitrogen and oxygen atoms in total. The predicted molar refractivity (Wildman–Crippen MR) is 99.6 cm³/mol. The molecule has 0 amide bonds. The second-order valence-electron chi connectivity index (χ2n) is 7.35. The number of nitrogens with zero attached hydrogens (tertiary/aromatic N) is 2. The second-order valence-corrected chi connectivity index (χ2v) is 7.35. The molecule has 0 atom stereocenters. The first kappa shape index (κ1) is 20.0. The molecule has 1 aliphatic heterocycles. The van der Waals surface area contributed by atoms with Crippen LogP contribution in [-0.2, 0) is 0 Å². The Kier molecular flexibility index (Phi) is 12.1. The van der Waals surface area contributed by atoms with Crippen LogP contribution in [0.5, 0.6) is 0 Å². The van der Waals surface area contributed by atoms with Crippen LogP contribution in [0.1, 0.15) is 85.0 Å². The molecule has 1 saturated heterocycles. The van der Waals surface area contributed by atoms with Crippen LogP contribution in [0.3, 0.4) is 0 Å². The maximum absolute atomic E-state index is 2.72. The lowest BCUT2D eigenvalue weighted by Gasteiger charge is -2.35. The first-order valence-corrected chi connectivity index (χ1v) is 10.2. The Balaban J connectivity index is 2.07. The molecule has 0 aliphatic carbocycles. The Bertz CT molecular complexity index is 228. The van der Waals surface area contributed by atoms with Gasteiger partial charge < -0.3 is 9.80 Å². The SMILES string of the molecule is CCCCCCCCN1CCC(CN(CCC)CCC)CC1. The van der Waals surface area contributed by atoms with Crippen molar-refractivity contribution in [2.75, 3.05) is 39.3 Å². The lowest BCUT2D eigenvalue weighted by atomic mass is 9.95. The van der Waals surface area contributed by atoms with Crippen molar-refractivity contribution in [3.63, 3.8) is 0 Å². The van der Waals surface area contributed by atoms with Crippen molar-refractivity contribution in [3.05, 3.63) is 0 Å². The molecule has 0 aromatic rings. The van der Waals surface area contributed by atoms with Gasteiger partial charge in [-0.25, -0.2) is 0 Å². The van der Waals surface area contributed by atoms with Crippen LogP contribution in [0.2, 0.25) is 0 Å². The molecule has 132 valence electrons. The van der Waals surface area contributed by atoms with E-state index in [0.717, 1.165) is 5.92 Å². The summed E-state index contributed by atoms with van der Waals surface area (Å²) in [4.78, 5) is 5.42. The molecule has 0 aromatic carbocycles. The third-order valence-corrected chi connectivity index (χ3v) is 5.13. The highest BCUT2D eigenvalue weighted by Crippen LogP contribution is 2.19. The minimum Gasteiger partial charge on any atom is -0.303 e. The molecular weight excluding hydrogens is 268 g/mol. The first-order chi connectivity index (χ1) is 10.8. The summed E-state index contributed by atoms with van der Waals surface area (Å²) in [5, 5.41) is 0. The molecule has 1 rings (SSSR count). The van der Waals surface area contributed by atoms with Crippen molar-refractivity contribution in [2.24, 2.45) is 5.92 Å². The largest absolute Gasteiger partial charge is 0.303 e. The average Bonchev–Trinajstić information content (AvgIpc) is 2.53. The summed E-state index contributed by atoms with van der Waals surface area (Å²) in [5.41, 5.74) is 0. The highest BCUT2D eigenvalue weighted by atomic mass is 15.1. The van der Waals surface area contributed by atoms with E-state index in [2.05, 4.69) is 30.6 Å². The Morgan fingerprint density at radius 2 is 1.36 bits per heavy atom. The van der Waals surface area contributed by atoms with Crippen molar-refractivity contribution in [1.82, 2.24) is 9.80 Å². The van der Waals surface area contributed by atoms with Gasteiger partial charge in [0.2, 0.25) is 0 Å². The zero-order chi connectivity index (χ0) is 16.0. The average molecular weight is 311 g/mol. The van der Waals surface area contributed by atoms with Crippen molar-refractivity contribution >= 4 is 0 Å². The summed E-state index contributed by atoms with van der Waals surface area (Å²) >= 11 is 0. The highest BCUT2D eigenvalue weighted by Gasteiger charge is 2.20. The topological polar surface area (TPSA) is 6.48 Å². The third-order valence-electron chi connectivity index (χ3n) is 5.13. The quantitative estimate of drug-likeness (QED) is 0.432. The van der Waals surface area contributed by atoms with Crippen LogP contribution < -0.4 is 0 Å². The van der Waals surface area contributed by atoms with Crippen molar-refractivity contribution in [1.29, 1.82) is 0 Å². The van der Waals surface area contributed by atoms with Gasteiger partial charge >= 0.3 is 0 Å². The maximum atomic E-state index is 2.72. The summed E-state index contributed by atoms with van der Waals surface area (Å²) in [6.07, 6.45) is 14.0. The number of rotatable bonds is 13. The van der Waals surface area contributed by atoms with Crippen LogP contribution in [0.25, 0.3) is 0 Å². The van der Waals surface area contributed by atoms with Crippen LogP contribution in [0.15, 0.2) is 0 Å². The zero-order valence-corrected chi connectivity index (χ0v) is 15.8. The van der Waals surface area contributed by atoms with E-state index in [0.29, 0.717) is 0 Å². The summed E-state index contributed by atoms with van der Waals surface area (Å²) < 4.78 is 0. The van der Waals surface area contributed by atoms with Crippen molar-refractivity contribution in [3.8, 4) is 0 Å². The Hall–Kier alpha value is -0.0800. The molecule has 2 heteroatoms. The van der Waals surface area contributed by atoms with Crippen LogP contribution >= 0.6 is 0 Å². The number of likely N-dealkylation sites (tertiary alicyclic amines) is 1. The summed E-state index contributed by atoms with van der Waals surface area (Å²) in [6.45, 7) is 14.9. The van der Waals surface area contributed by atoms with Gasteiger partial charge in [-0.3, -0.25) is 0 Å². The fourth-order valence-corrected chi connectivity index (χ4v) is 3.80. The van der Waals surface area contributed by atoms with Crippen LogP contribution in [-0.4, -0.2) is 49.1 Å². The molecule has 22 heavy (non-hydrogen) atoms. The van der Waals surface area contributed by atoms with Gasteiger partial charge in [0, 0.05) is 6.54 Å². The predicted octanol–water partition coefficient (Wildman–Crippen LogP) is 5.18. The molecule has 0 aromatic heterocycles. The lowest BCUT2D eigenvalue weighted by Crippen LogP contribution is -2.39. The van der Waals surface area contributed by atoms with Gasteiger partial charge in [0.15, 0.2) is 0 Å². The molecule has 1 heterocycles. The van der Waals surface area contributed by atoms with Crippen molar-refractivity contribution < 1.29 is 0 Å². The van der Waals surface area contributed by atoms with E-state index in [1.807, 2.05) is 0 Å². The fraction of sp³-hybridized carbons (Fsp3) is 1.00. The van der Waals surface area contributed by atoms with Gasteiger partial charge in [-0.2, -0.15) is 0 Å². The summed E-state index contributed by atoms with van der Waals surface area (Å²) in [5.74, 6) is 0.957. The Morgan fingerprint density at radius 1 is 0.773 bits per heavy atom. The van der Waals surface area contributed by atoms with E-state index < -0.39 is 0 Å². The van der Waals surface area contributed by atoms with Gasteiger partial charge in [-0.15, -0.1) is 0 Å². The van der Waals surface area contributed by atoms with Gasteiger partial charge in [0.05, 0.1) is 0 Å². The summed E-state index contributed by atoms with van der Waals surface area (Å²) in [7, 11) is 0.